The van der Waals surface area contributed by atoms with Gasteiger partial charge >= 0.3 is 0 Å². The minimum Gasteiger partial charge on any atom is -0.343 e. The summed E-state index contributed by atoms with van der Waals surface area (Å²) in [5, 5.41) is 1.52. The topological polar surface area (TPSA) is 8.17 Å². The molecule has 5 rings (SSSR count). The van der Waals surface area contributed by atoms with Gasteiger partial charge in [0, 0.05) is 36.2 Å². The van der Waals surface area contributed by atoms with Crippen LogP contribution in [0.1, 0.15) is 53.3 Å². The fourth-order valence-electron chi connectivity index (χ4n) is 5.23. The maximum absolute atomic E-state index is 2.75. The monoisotopic (exact) mass is 344 g/mol. The first-order valence-electron chi connectivity index (χ1n) is 10.1. The lowest BCUT2D eigenvalue weighted by molar-refractivity contribution is 0.173. The molecule has 1 aliphatic heterocycles. The van der Waals surface area contributed by atoms with Crippen molar-refractivity contribution in [2.24, 2.45) is 0 Å². The normalized spacial score (nSPS) is 20.2. The van der Waals surface area contributed by atoms with Crippen molar-refractivity contribution in [1.29, 1.82) is 0 Å². The first-order valence-corrected chi connectivity index (χ1v) is 10.1. The van der Waals surface area contributed by atoms with Crippen LogP contribution in [-0.2, 0) is 19.5 Å². The van der Waals surface area contributed by atoms with Crippen molar-refractivity contribution in [3.8, 4) is 0 Å². The Morgan fingerprint density at radius 3 is 2.73 bits per heavy atom. The van der Waals surface area contributed by atoms with Crippen LogP contribution in [0.3, 0.4) is 0 Å². The second-order valence-electron chi connectivity index (χ2n) is 8.26. The second kappa shape index (κ2) is 6.28. The van der Waals surface area contributed by atoms with Crippen LogP contribution in [0.4, 0.5) is 0 Å². The third-order valence-corrected chi connectivity index (χ3v) is 6.32. The molecule has 2 heterocycles. The zero-order valence-electron chi connectivity index (χ0n) is 16.0. The van der Waals surface area contributed by atoms with Crippen LogP contribution in [0.2, 0.25) is 0 Å². The molecule has 2 aromatic carbocycles. The van der Waals surface area contributed by atoms with E-state index in [1.807, 2.05) is 0 Å². The summed E-state index contributed by atoms with van der Waals surface area (Å²) in [4.78, 5) is 2.75. The molecule has 0 amide bonds. The molecule has 1 aliphatic carbocycles. The lowest BCUT2D eigenvalue weighted by Crippen LogP contribution is -2.31. The molecule has 0 unspecified atom stereocenters. The quantitative estimate of drug-likeness (QED) is 0.592. The van der Waals surface area contributed by atoms with E-state index in [2.05, 4.69) is 65.8 Å². The Hall–Kier alpha value is -2.06. The van der Waals surface area contributed by atoms with Crippen LogP contribution >= 0.6 is 0 Å². The van der Waals surface area contributed by atoms with E-state index < -0.39 is 0 Å². The van der Waals surface area contributed by atoms with E-state index >= 15 is 0 Å². The highest BCUT2D eigenvalue weighted by Crippen LogP contribution is 2.42. The number of rotatable bonds is 2. The number of fused-ring (bicyclic) bond motifs is 3. The molecular formula is C24H28N2. The number of hydrogen-bond acceptors (Lipinski definition) is 1. The van der Waals surface area contributed by atoms with Crippen LogP contribution in [-0.4, -0.2) is 16.0 Å². The molecule has 0 bridgehead atoms. The lowest BCUT2D eigenvalue weighted by Gasteiger charge is -2.33. The standard InChI is InChI=1S/C24H28N2/c1-17-6-3-7-19(14-17)16-25-12-5-13-26-22-11-10-18(2)15-21(22)20-8-4-9-23(25)24(20)26/h3,6-7,10-11,14-15,23H,4-5,8-9,12-13,16H2,1-2H3/t23-/m0/s1. The Bertz CT molecular complexity index is 962. The summed E-state index contributed by atoms with van der Waals surface area (Å²) < 4.78 is 2.66. The molecule has 2 aliphatic rings. The average Bonchev–Trinajstić information content (AvgIpc) is 2.82. The van der Waals surface area contributed by atoms with Crippen LogP contribution in [0.25, 0.3) is 10.9 Å². The summed E-state index contributed by atoms with van der Waals surface area (Å²) >= 11 is 0. The van der Waals surface area contributed by atoms with Gasteiger partial charge in [0.2, 0.25) is 0 Å². The van der Waals surface area contributed by atoms with Crippen LogP contribution in [0.5, 0.6) is 0 Å². The average molecular weight is 345 g/mol. The summed E-state index contributed by atoms with van der Waals surface area (Å²) in [6.45, 7) is 7.86. The lowest BCUT2D eigenvalue weighted by atomic mass is 9.90. The fraction of sp³-hybridized carbons (Fsp3) is 0.417. The largest absolute Gasteiger partial charge is 0.343 e. The Kier molecular flexibility index (Phi) is 3.90. The van der Waals surface area contributed by atoms with Gasteiger partial charge in [-0.05, 0) is 62.8 Å². The zero-order valence-corrected chi connectivity index (χ0v) is 16.0. The third-order valence-electron chi connectivity index (χ3n) is 6.32. The van der Waals surface area contributed by atoms with Crippen molar-refractivity contribution in [3.63, 3.8) is 0 Å². The number of aromatic nitrogens is 1. The summed E-state index contributed by atoms with van der Waals surface area (Å²) in [5.74, 6) is 0. The zero-order chi connectivity index (χ0) is 17.7. The van der Waals surface area contributed by atoms with Gasteiger partial charge in [-0.2, -0.15) is 0 Å². The van der Waals surface area contributed by atoms with Gasteiger partial charge in [0.05, 0.1) is 6.04 Å². The van der Waals surface area contributed by atoms with Crippen LogP contribution in [0, 0.1) is 13.8 Å². The van der Waals surface area contributed by atoms with E-state index in [1.165, 1.54) is 59.8 Å². The highest BCUT2D eigenvalue weighted by atomic mass is 15.2. The SMILES string of the molecule is Cc1cccc(CN2CCCn3c4c(c5cc(C)ccc53)CCC[C@@H]42)c1. The van der Waals surface area contributed by atoms with Crippen molar-refractivity contribution >= 4 is 10.9 Å². The molecule has 3 aromatic rings. The molecule has 2 heteroatoms. The Morgan fingerprint density at radius 2 is 1.85 bits per heavy atom. The molecule has 1 aromatic heterocycles. The smallest absolute Gasteiger partial charge is 0.0507 e. The summed E-state index contributed by atoms with van der Waals surface area (Å²) in [6, 6.07) is 16.7. The van der Waals surface area contributed by atoms with E-state index in [4.69, 9.17) is 0 Å². The van der Waals surface area contributed by atoms with Gasteiger partial charge in [-0.3, -0.25) is 4.90 Å². The molecule has 26 heavy (non-hydrogen) atoms. The molecule has 134 valence electrons. The Labute approximate surface area is 156 Å². The van der Waals surface area contributed by atoms with Crippen molar-refractivity contribution in [2.75, 3.05) is 6.54 Å². The van der Waals surface area contributed by atoms with E-state index in [0.717, 1.165) is 13.1 Å². The second-order valence-corrected chi connectivity index (χ2v) is 8.26. The van der Waals surface area contributed by atoms with Crippen molar-refractivity contribution < 1.29 is 0 Å². The van der Waals surface area contributed by atoms with Gasteiger partial charge in [-0.15, -0.1) is 0 Å². The van der Waals surface area contributed by atoms with E-state index in [0.29, 0.717) is 6.04 Å². The first-order chi connectivity index (χ1) is 12.7. The summed E-state index contributed by atoms with van der Waals surface area (Å²) in [6.07, 6.45) is 5.10. The number of aryl methyl sites for hydroxylation is 4. The minimum absolute atomic E-state index is 0.578. The van der Waals surface area contributed by atoms with Gasteiger partial charge in [-0.25, -0.2) is 0 Å². The molecule has 1 atom stereocenters. The maximum atomic E-state index is 2.75. The van der Waals surface area contributed by atoms with E-state index in [-0.39, 0.29) is 0 Å². The van der Waals surface area contributed by atoms with E-state index in [1.54, 1.807) is 11.3 Å². The van der Waals surface area contributed by atoms with E-state index in [9.17, 15) is 0 Å². The fourth-order valence-corrected chi connectivity index (χ4v) is 5.23. The van der Waals surface area contributed by atoms with Crippen molar-refractivity contribution in [2.45, 2.75) is 58.7 Å². The maximum Gasteiger partial charge on any atom is 0.0507 e. The van der Waals surface area contributed by atoms with Gasteiger partial charge in [0.25, 0.3) is 0 Å². The van der Waals surface area contributed by atoms with Crippen molar-refractivity contribution in [1.82, 2.24) is 9.47 Å². The molecule has 0 N–H and O–H groups in total. The van der Waals surface area contributed by atoms with Gasteiger partial charge in [0.15, 0.2) is 0 Å². The third kappa shape index (κ3) is 2.59. The summed E-state index contributed by atoms with van der Waals surface area (Å²) in [5.41, 5.74) is 8.93. The van der Waals surface area contributed by atoms with Crippen LogP contribution < -0.4 is 0 Å². The molecule has 0 saturated heterocycles. The molecule has 0 radical (unpaired) electrons. The number of benzene rings is 2. The first kappa shape index (κ1) is 16.1. The molecule has 2 nitrogen and oxygen atoms in total. The highest BCUT2D eigenvalue weighted by molar-refractivity contribution is 5.86. The Morgan fingerprint density at radius 1 is 0.962 bits per heavy atom. The van der Waals surface area contributed by atoms with Gasteiger partial charge < -0.3 is 4.57 Å². The number of hydrogen-bond donors (Lipinski definition) is 0. The molecule has 0 fully saturated rings. The number of nitrogens with zero attached hydrogens (tertiary/aromatic N) is 2. The minimum atomic E-state index is 0.578. The highest BCUT2D eigenvalue weighted by Gasteiger charge is 2.33. The summed E-state index contributed by atoms with van der Waals surface area (Å²) in [7, 11) is 0. The predicted molar refractivity (Wildman–Crippen MR) is 109 cm³/mol. The van der Waals surface area contributed by atoms with Crippen LogP contribution in [0.15, 0.2) is 42.5 Å². The Balaban J connectivity index is 1.60. The molecular weight excluding hydrogens is 316 g/mol. The van der Waals surface area contributed by atoms with Gasteiger partial charge in [0.1, 0.15) is 0 Å². The predicted octanol–water partition coefficient (Wildman–Crippen LogP) is 5.54. The molecule has 0 saturated carbocycles. The van der Waals surface area contributed by atoms with Crippen molar-refractivity contribution in [3.05, 3.63) is 70.4 Å². The molecule has 0 spiro atoms. The van der Waals surface area contributed by atoms with Gasteiger partial charge in [-0.1, -0.05) is 41.5 Å².